The highest BCUT2D eigenvalue weighted by molar-refractivity contribution is 5.99. The molecule has 5 heteroatoms. The molecule has 1 amide bonds. The van der Waals surface area contributed by atoms with Gasteiger partial charge in [-0.2, -0.15) is 0 Å². The van der Waals surface area contributed by atoms with Gasteiger partial charge in [0.1, 0.15) is 0 Å². The Balaban J connectivity index is 1.84. The van der Waals surface area contributed by atoms with Crippen molar-refractivity contribution in [2.45, 2.75) is 18.9 Å². The SMILES string of the molecule is CNC(c1ccc2c(c1)CC(=O)N2)C1CC1C(=O)O. The van der Waals surface area contributed by atoms with Crippen LogP contribution in [0.15, 0.2) is 18.2 Å². The van der Waals surface area contributed by atoms with Crippen LogP contribution in [0, 0.1) is 11.8 Å². The number of carboxylic acid groups (broad SMARTS) is 1. The van der Waals surface area contributed by atoms with Crippen LogP contribution < -0.4 is 10.6 Å². The van der Waals surface area contributed by atoms with Crippen molar-refractivity contribution in [1.29, 1.82) is 0 Å². The zero-order chi connectivity index (χ0) is 13.6. The van der Waals surface area contributed by atoms with Crippen LogP contribution in [0.25, 0.3) is 0 Å². The number of nitrogens with one attached hydrogen (secondary N) is 2. The summed E-state index contributed by atoms with van der Waals surface area (Å²) in [5, 5.41) is 15.0. The van der Waals surface area contributed by atoms with Crippen molar-refractivity contribution in [3.05, 3.63) is 29.3 Å². The molecule has 1 saturated carbocycles. The average Bonchev–Trinajstić information content (AvgIpc) is 3.05. The molecule has 100 valence electrons. The van der Waals surface area contributed by atoms with E-state index >= 15 is 0 Å². The third kappa shape index (κ3) is 2.10. The van der Waals surface area contributed by atoms with Gasteiger partial charge in [0.2, 0.25) is 5.91 Å². The van der Waals surface area contributed by atoms with E-state index in [-0.39, 0.29) is 23.8 Å². The molecule has 2 aliphatic rings. The Morgan fingerprint density at radius 3 is 2.95 bits per heavy atom. The van der Waals surface area contributed by atoms with E-state index in [1.807, 2.05) is 25.2 Å². The molecular weight excluding hydrogens is 244 g/mol. The predicted octanol–water partition coefficient (Wildman–Crippen LogP) is 1.16. The van der Waals surface area contributed by atoms with Crippen molar-refractivity contribution in [2.24, 2.45) is 11.8 Å². The van der Waals surface area contributed by atoms with Crippen LogP contribution in [0.5, 0.6) is 0 Å². The Morgan fingerprint density at radius 2 is 2.32 bits per heavy atom. The molecule has 0 spiro atoms. The number of carboxylic acids is 1. The lowest BCUT2D eigenvalue weighted by Crippen LogP contribution is -2.20. The Hall–Kier alpha value is -1.88. The minimum Gasteiger partial charge on any atom is -0.481 e. The molecule has 3 atom stereocenters. The van der Waals surface area contributed by atoms with Gasteiger partial charge in [-0.25, -0.2) is 0 Å². The van der Waals surface area contributed by atoms with Gasteiger partial charge >= 0.3 is 5.97 Å². The molecule has 0 aromatic heterocycles. The number of benzene rings is 1. The summed E-state index contributed by atoms with van der Waals surface area (Å²) in [7, 11) is 1.85. The van der Waals surface area contributed by atoms with E-state index in [9.17, 15) is 9.59 Å². The monoisotopic (exact) mass is 260 g/mol. The van der Waals surface area contributed by atoms with Crippen LogP contribution in [0.4, 0.5) is 5.69 Å². The van der Waals surface area contributed by atoms with Crippen LogP contribution >= 0.6 is 0 Å². The summed E-state index contributed by atoms with van der Waals surface area (Å²) in [4.78, 5) is 22.3. The van der Waals surface area contributed by atoms with E-state index in [0.717, 1.165) is 23.2 Å². The second-order valence-electron chi connectivity index (χ2n) is 5.25. The Kier molecular flexibility index (Phi) is 2.78. The quantitative estimate of drug-likeness (QED) is 0.759. The highest BCUT2D eigenvalue weighted by Gasteiger charge is 2.48. The summed E-state index contributed by atoms with van der Waals surface area (Å²) in [6.45, 7) is 0. The predicted molar refractivity (Wildman–Crippen MR) is 69.8 cm³/mol. The smallest absolute Gasteiger partial charge is 0.306 e. The van der Waals surface area contributed by atoms with E-state index in [1.165, 1.54) is 0 Å². The van der Waals surface area contributed by atoms with Crippen LogP contribution in [-0.2, 0) is 16.0 Å². The molecule has 0 radical (unpaired) electrons. The molecule has 19 heavy (non-hydrogen) atoms. The average molecular weight is 260 g/mol. The van der Waals surface area contributed by atoms with Crippen molar-refractivity contribution in [3.63, 3.8) is 0 Å². The molecule has 0 bridgehead atoms. The molecular formula is C14H16N2O3. The lowest BCUT2D eigenvalue weighted by atomic mass is 9.98. The number of fused-ring (bicyclic) bond motifs is 1. The maximum absolute atomic E-state index is 11.3. The van der Waals surface area contributed by atoms with E-state index in [1.54, 1.807) is 0 Å². The number of carbonyl (C=O) groups is 2. The number of amides is 1. The van der Waals surface area contributed by atoms with Crippen molar-refractivity contribution >= 4 is 17.6 Å². The number of carbonyl (C=O) groups excluding carboxylic acids is 1. The minimum absolute atomic E-state index is 0.0167. The first-order chi connectivity index (χ1) is 9.10. The van der Waals surface area contributed by atoms with Crippen LogP contribution in [0.2, 0.25) is 0 Å². The summed E-state index contributed by atoms with van der Waals surface area (Å²) in [5.41, 5.74) is 2.93. The number of hydrogen-bond donors (Lipinski definition) is 3. The fourth-order valence-electron chi connectivity index (χ4n) is 2.94. The van der Waals surface area contributed by atoms with E-state index in [4.69, 9.17) is 5.11 Å². The highest BCUT2D eigenvalue weighted by atomic mass is 16.4. The summed E-state index contributed by atoms with van der Waals surface area (Å²) < 4.78 is 0. The third-order valence-corrected chi connectivity index (χ3v) is 4.01. The van der Waals surface area contributed by atoms with Gasteiger partial charge in [-0.15, -0.1) is 0 Å². The Bertz CT molecular complexity index is 556. The largest absolute Gasteiger partial charge is 0.481 e. The van der Waals surface area contributed by atoms with Gasteiger partial charge in [0.15, 0.2) is 0 Å². The second-order valence-corrected chi connectivity index (χ2v) is 5.25. The fourth-order valence-corrected chi connectivity index (χ4v) is 2.94. The number of hydrogen-bond acceptors (Lipinski definition) is 3. The van der Waals surface area contributed by atoms with Gasteiger partial charge in [-0.3, -0.25) is 9.59 Å². The number of rotatable bonds is 4. The van der Waals surface area contributed by atoms with Crippen molar-refractivity contribution in [1.82, 2.24) is 5.32 Å². The van der Waals surface area contributed by atoms with Gasteiger partial charge in [-0.05, 0) is 36.6 Å². The normalized spacial score (nSPS) is 25.6. The second kappa shape index (κ2) is 4.35. The maximum atomic E-state index is 11.3. The van der Waals surface area contributed by atoms with Gasteiger partial charge in [0.25, 0.3) is 0 Å². The first kappa shape index (κ1) is 12.2. The number of aliphatic carboxylic acids is 1. The zero-order valence-corrected chi connectivity index (χ0v) is 10.6. The summed E-state index contributed by atoms with van der Waals surface area (Å²) >= 11 is 0. The molecule has 1 aliphatic carbocycles. The molecule has 3 N–H and O–H groups in total. The first-order valence-corrected chi connectivity index (χ1v) is 6.43. The van der Waals surface area contributed by atoms with Gasteiger partial charge in [0.05, 0.1) is 12.3 Å². The molecule has 3 unspecified atom stereocenters. The topological polar surface area (TPSA) is 78.4 Å². The highest BCUT2D eigenvalue weighted by Crippen LogP contribution is 2.47. The molecule has 1 aliphatic heterocycles. The van der Waals surface area contributed by atoms with Gasteiger partial charge in [0, 0.05) is 11.7 Å². The lowest BCUT2D eigenvalue weighted by Gasteiger charge is -2.17. The van der Waals surface area contributed by atoms with Crippen LogP contribution in [0.1, 0.15) is 23.6 Å². The van der Waals surface area contributed by atoms with E-state index < -0.39 is 5.97 Å². The van der Waals surface area contributed by atoms with Crippen LogP contribution in [0.3, 0.4) is 0 Å². The fraction of sp³-hybridized carbons (Fsp3) is 0.429. The first-order valence-electron chi connectivity index (χ1n) is 6.43. The van der Waals surface area contributed by atoms with E-state index in [0.29, 0.717) is 6.42 Å². The van der Waals surface area contributed by atoms with Crippen molar-refractivity contribution in [3.8, 4) is 0 Å². The standard InChI is InChI=1S/C14H16N2O3/c1-15-13(9-6-10(9)14(18)19)7-2-3-11-8(4-7)5-12(17)16-11/h2-4,9-10,13,15H,5-6H2,1H3,(H,16,17)(H,18,19). The van der Waals surface area contributed by atoms with Gasteiger partial charge in [-0.1, -0.05) is 12.1 Å². The number of anilines is 1. The minimum atomic E-state index is -0.719. The molecule has 0 saturated heterocycles. The van der Waals surface area contributed by atoms with E-state index in [2.05, 4.69) is 10.6 Å². The lowest BCUT2D eigenvalue weighted by molar-refractivity contribution is -0.139. The summed E-state index contributed by atoms with van der Waals surface area (Å²) in [6, 6.07) is 5.91. The molecule has 1 heterocycles. The van der Waals surface area contributed by atoms with Gasteiger partial charge < -0.3 is 15.7 Å². The maximum Gasteiger partial charge on any atom is 0.306 e. The summed E-state index contributed by atoms with van der Waals surface area (Å²) in [5.74, 6) is -0.803. The van der Waals surface area contributed by atoms with Crippen molar-refractivity contribution in [2.75, 3.05) is 12.4 Å². The Morgan fingerprint density at radius 1 is 1.53 bits per heavy atom. The molecule has 3 rings (SSSR count). The Labute approximate surface area is 111 Å². The molecule has 1 aromatic carbocycles. The molecule has 5 nitrogen and oxygen atoms in total. The third-order valence-electron chi connectivity index (χ3n) is 4.01. The van der Waals surface area contributed by atoms with Crippen LogP contribution in [-0.4, -0.2) is 24.0 Å². The molecule has 1 fully saturated rings. The van der Waals surface area contributed by atoms with Crippen molar-refractivity contribution < 1.29 is 14.7 Å². The zero-order valence-electron chi connectivity index (χ0n) is 10.6. The summed E-state index contributed by atoms with van der Waals surface area (Å²) in [6.07, 6.45) is 1.13. The molecule has 1 aromatic rings.